The number of fused-ring (bicyclic) bond motifs is 2. The van der Waals surface area contributed by atoms with E-state index in [9.17, 15) is 14.4 Å². The number of nitrogens with one attached hydrogen (secondary N) is 2. The first-order valence-corrected chi connectivity index (χ1v) is 10.4. The molecule has 1 fully saturated rings. The molecule has 0 radical (unpaired) electrons. The maximum absolute atomic E-state index is 13.1. The minimum absolute atomic E-state index is 0.266. The van der Waals surface area contributed by atoms with E-state index in [0.29, 0.717) is 11.4 Å². The van der Waals surface area contributed by atoms with Gasteiger partial charge in [0.25, 0.3) is 5.91 Å². The number of hydrogen-bond acceptors (Lipinski definition) is 4. The van der Waals surface area contributed by atoms with E-state index in [0.717, 1.165) is 33.7 Å². The van der Waals surface area contributed by atoms with Crippen molar-refractivity contribution in [3.05, 3.63) is 56.7 Å². The minimum atomic E-state index is -1.02. The van der Waals surface area contributed by atoms with Crippen LogP contribution < -0.4 is 10.6 Å². The third kappa shape index (κ3) is 3.18. The number of nitrogens with zero attached hydrogens (tertiary/aromatic N) is 1. The van der Waals surface area contributed by atoms with Crippen LogP contribution in [0.5, 0.6) is 0 Å². The van der Waals surface area contributed by atoms with Gasteiger partial charge in [-0.15, -0.1) is 11.3 Å². The molecule has 2 aromatic rings. The van der Waals surface area contributed by atoms with Gasteiger partial charge >= 0.3 is 6.03 Å². The number of imide groups is 1. The fourth-order valence-corrected chi connectivity index (χ4v) is 5.08. The summed E-state index contributed by atoms with van der Waals surface area (Å²) in [5, 5.41) is 8.26. The molecule has 2 heterocycles. The number of carbonyl (C=O) groups is 3. The van der Waals surface area contributed by atoms with Crippen molar-refractivity contribution in [3.63, 3.8) is 0 Å². The van der Waals surface area contributed by atoms with Crippen LogP contribution in [0.4, 0.5) is 4.79 Å². The molecule has 2 aliphatic rings. The summed E-state index contributed by atoms with van der Waals surface area (Å²) in [5.74, 6) is -0.726. The van der Waals surface area contributed by atoms with Crippen LogP contribution in [0.25, 0.3) is 0 Å². The molecule has 0 bridgehead atoms. The Morgan fingerprint density at radius 2 is 2.07 bits per heavy atom. The van der Waals surface area contributed by atoms with Crippen molar-refractivity contribution in [3.8, 4) is 0 Å². The molecule has 1 aromatic heterocycles. The SMILES string of the molecule is CC(NC(=O)CN1C(=O)NC2(CCCc3sccc32)C1=O)c1ccc(Cl)cc1. The molecule has 1 saturated heterocycles. The topological polar surface area (TPSA) is 78.5 Å². The van der Waals surface area contributed by atoms with Crippen LogP contribution in [0.15, 0.2) is 35.7 Å². The average molecular weight is 418 g/mol. The average Bonchev–Trinajstić information content (AvgIpc) is 3.23. The number of aryl methyl sites for hydroxylation is 1. The van der Waals surface area contributed by atoms with Gasteiger partial charge < -0.3 is 10.6 Å². The van der Waals surface area contributed by atoms with Crippen molar-refractivity contribution in [2.45, 2.75) is 37.8 Å². The van der Waals surface area contributed by atoms with Crippen molar-refractivity contribution in [2.24, 2.45) is 0 Å². The number of carbonyl (C=O) groups excluding carboxylic acids is 3. The summed E-state index contributed by atoms with van der Waals surface area (Å²) in [6, 6.07) is 8.29. The van der Waals surface area contributed by atoms with Crippen molar-refractivity contribution in [1.82, 2.24) is 15.5 Å². The molecular formula is C20H20ClN3O3S. The fourth-order valence-electron chi connectivity index (χ4n) is 3.95. The zero-order chi connectivity index (χ0) is 19.9. The van der Waals surface area contributed by atoms with Gasteiger partial charge in [-0.3, -0.25) is 14.5 Å². The minimum Gasteiger partial charge on any atom is -0.348 e. The smallest absolute Gasteiger partial charge is 0.325 e. The van der Waals surface area contributed by atoms with Crippen LogP contribution in [0.1, 0.15) is 41.8 Å². The van der Waals surface area contributed by atoms with Crippen LogP contribution >= 0.6 is 22.9 Å². The molecule has 0 saturated carbocycles. The van der Waals surface area contributed by atoms with Gasteiger partial charge in [-0.25, -0.2) is 4.79 Å². The monoisotopic (exact) mass is 417 g/mol. The lowest BCUT2D eigenvalue weighted by atomic mass is 9.80. The number of urea groups is 1. The summed E-state index contributed by atoms with van der Waals surface area (Å²) in [4.78, 5) is 40.3. The van der Waals surface area contributed by atoms with E-state index < -0.39 is 11.6 Å². The molecule has 2 N–H and O–H groups in total. The zero-order valence-electron chi connectivity index (χ0n) is 15.3. The lowest BCUT2D eigenvalue weighted by molar-refractivity contribution is -0.135. The first-order chi connectivity index (χ1) is 13.4. The molecule has 28 heavy (non-hydrogen) atoms. The van der Waals surface area contributed by atoms with Gasteiger partial charge in [0, 0.05) is 15.5 Å². The van der Waals surface area contributed by atoms with Gasteiger partial charge in [0.05, 0.1) is 6.04 Å². The first-order valence-electron chi connectivity index (χ1n) is 9.16. The lowest BCUT2D eigenvalue weighted by Crippen LogP contribution is -2.47. The van der Waals surface area contributed by atoms with Gasteiger partial charge in [0.1, 0.15) is 12.1 Å². The number of thiophene rings is 1. The van der Waals surface area contributed by atoms with E-state index in [1.807, 2.05) is 30.5 Å². The second-order valence-corrected chi connectivity index (χ2v) is 8.62. The van der Waals surface area contributed by atoms with E-state index >= 15 is 0 Å². The molecular weight excluding hydrogens is 398 g/mol. The Morgan fingerprint density at radius 1 is 1.32 bits per heavy atom. The van der Waals surface area contributed by atoms with Crippen LogP contribution in [0.2, 0.25) is 5.02 Å². The quantitative estimate of drug-likeness (QED) is 0.748. The highest BCUT2D eigenvalue weighted by Crippen LogP contribution is 2.42. The molecule has 4 amide bonds. The Hall–Kier alpha value is -2.38. The zero-order valence-corrected chi connectivity index (χ0v) is 16.9. The van der Waals surface area contributed by atoms with Crippen LogP contribution in [-0.2, 0) is 21.5 Å². The Morgan fingerprint density at radius 3 is 2.82 bits per heavy atom. The normalized spacial score (nSPS) is 22.1. The number of benzene rings is 1. The molecule has 146 valence electrons. The molecule has 2 atom stereocenters. The molecule has 1 spiro atoms. The first kappa shape index (κ1) is 19.0. The van der Waals surface area contributed by atoms with Gasteiger partial charge in [-0.1, -0.05) is 23.7 Å². The second-order valence-electron chi connectivity index (χ2n) is 7.18. The molecule has 1 aliphatic carbocycles. The largest absolute Gasteiger partial charge is 0.348 e. The predicted molar refractivity (Wildman–Crippen MR) is 107 cm³/mol. The highest BCUT2D eigenvalue weighted by Gasteiger charge is 2.54. The number of hydrogen-bond donors (Lipinski definition) is 2. The van der Waals surface area contributed by atoms with Crippen LogP contribution in [-0.4, -0.2) is 29.3 Å². The molecule has 4 rings (SSSR count). The van der Waals surface area contributed by atoms with E-state index in [1.165, 1.54) is 0 Å². The van der Waals surface area contributed by atoms with Crippen molar-refractivity contribution >= 4 is 40.8 Å². The number of halogens is 1. The van der Waals surface area contributed by atoms with Crippen molar-refractivity contribution in [2.75, 3.05) is 6.54 Å². The Bertz CT molecular complexity index is 942. The highest BCUT2D eigenvalue weighted by molar-refractivity contribution is 7.10. The standard InChI is InChI=1S/C20H20ClN3O3S/c1-12(13-4-6-14(21)7-5-13)22-17(25)11-24-18(26)20(23-19(24)27)9-2-3-16-15(20)8-10-28-16/h4-8,10,12H,2-3,9,11H2,1H3,(H,22,25)(H,23,27). The number of amides is 4. The van der Waals surface area contributed by atoms with Crippen molar-refractivity contribution < 1.29 is 14.4 Å². The second kappa shape index (κ2) is 7.22. The molecule has 1 aromatic carbocycles. The Kier molecular flexibility index (Phi) is 4.89. The van der Waals surface area contributed by atoms with E-state index in [4.69, 9.17) is 11.6 Å². The van der Waals surface area contributed by atoms with Crippen LogP contribution in [0.3, 0.4) is 0 Å². The third-order valence-electron chi connectivity index (χ3n) is 5.39. The van der Waals surface area contributed by atoms with Gasteiger partial charge in [-0.05, 0) is 55.3 Å². The summed E-state index contributed by atoms with van der Waals surface area (Å²) in [6.45, 7) is 1.54. The molecule has 6 nitrogen and oxygen atoms in total. The Labute approximate surface area is 171 Å². The summed E-state index contributed by atoms with van der Waals surface area (Å²) >= 11 is 7.49. The van der Waals surface area contributed by atoms with Gasteiger partial charge in [0.2, 0.25) is 5.91 Å². The number of rotatable bonds is 4. The molecule has 8 heteroatoms. The third-order valence-corrected chi connectivity index (χ3v) is 6.62. The lowest BCUT2D eigenvalue weighted by Gasteiger charge is -2.31. The maximum atomic E-state index is 13.1. The summed E-state index contributed by atoms with van der Waals surface area (Å²) in [6.07, 6.45) is 2.30. The van der Waals surface area contributed by atoms with Crippen molar-refractivity contribution in [1.29, 1.82) is 0 Å². The van der Waals surface area contributed by atoms with Crippen LogP contribution in [0, 0.1) is 0 Å². The molecule has 1 aliphatic heterocycles. The molecule has 2 unspecified atom stereocenters. The Balaban J connectivity index is 1.47. The summed E-state index contributed by atoms with van der Waals surface area (Å²) < 4.78 is 0. The summed E-state index contributed by atoms with van der Waals surface area (Å²) in [7, 11) is 0. The fraction of sp³-hybridized carbons (Fsp3) is 0.350. The predicted octanol–water partition coefficient (Wildman–Crippen LogP) is 3.36. The van der Waals surface area contributed by atoms with E-state index in [1.54, 1.807) is 23.5 Å². The highest BCUT2D eigenvalue weighted by atomic mass is 35.5. The van der Waals surface area contributed by atoms with Gasteiger partial charge in [-0.2, -0.15) is 0 Å². The van der Waals surface area contributed by atoms with Gasteiger partial charge in [0.15, 0.2) is 0 Å². The van der Waals surface area contributed by atoms with E-state index in [2.05, 4.69) is 10.6 Å². The van der Waals surface area contributed by atoms with E-state index in [-0.39, 0.29) is 24.4 Å². The maximum Gasteiger partial charge on any atom is 0.325 e. The summed E-state index contributed by atoms with van der Waals surface area (Å²) in [5.41, 5.74) is 0.744.